The zero-order chi connectivity index (χ0) is 12.0. The average molecular weight is 211 g/mol. The van der Waals surface area contributed by atoms with E-state index < -0.39 is 0 Å². The Morgan fingerprint density at radius 1 is 1.38 bits per heavy atom. The summed E-state index contributed by atoms with van der Waals surface area (Å²) in [6.07, 6.45) is 3.55. The SMILES string of the molecule is C=C(C)/C=C\C(=C)Oc1cccc(C#N)c1. The summed E-state index contributed by atoms with van der Waals surface area (Å²) in [6, 6.07) is 8.98. The molecule has 0 aliphatic carbocycles. The maximum absolute atomic E-state index is 8.72. The van der Waals surface area contributed by atoms with Crippen LogP contribution >= 0.6 is 0 Å². The highest BCUT2D eigenvalue weighted by atomic mass is 16.5. The summed E-state index contributed by atoms with van der Waals surface area (Å²) < 4.78 is 5.43. The van der Waals surface area contributed by atoms with E-state index in [1.54, 1.807) is 30.3 Å². The van der Waals surface area contributed by atoms with Crippen LogP contribution in [-0.2, 0) is 0 Å². The molecule has 0 fully saturated rings. The second kappa shape index (κ2) is 5.57. The number of nitriles is 1. The summed E-state index contributed by atoms with van der Waals surface area (Å²) in [4.78, 5) is 0. The van der Waals surface area contributed by atoms with Crippen LogP contribution in [0.2, 0.25) is 0 Å². The molecule has 0 unspecified atom stereocenters. The summed E-state index contributed by atoms with van der Waals surface area (Å²) >= 11 is 0. The van der Waals surface area contributed by atoms with Crippen LogP contribution in [0, 0.1) is 11.3 Å². The maximum atomic E-state index is 8.72. The number of allylic oxidation sites excluding steroid dienone is 3. The molecule has 0 saturated heterocycles. The maximum Gasteiger partial charge on any atom is 0.128 e. The number of nitrogens with zero attached hydrogens (tertiary/aromatic N) is 1. The monoisotopic (exact) mass is 211 g/mol. The Bertz CT molecular complexity index is 478. The summed E-state index contributed by atoms with van der Waals surface area (Å²) in [5, 5.41) is 8.72. The van der Waals surface area contributed by atoms with Crippen molar-refractivity contribution in [1.29, 1.82) is 5.26 Å². The van der Waals surface area contributed by atoms with Gasteiger partial charge in [-0.05, 0) is 31.2 Å². The summed E-state index contributed by atoms with van der Waals surface area (Å²) in [7, 11) is 0. The lowest BCUT2D eigenvalue weighted by molar-refractivity contribution is 0.447. The van der Waals surface area contributed by atoms with Gasteiger partial charge in [0.25, 0.3) is 0 Å². The van der Waals surface area contributed by atoms with Gasteiger partial charge in [0.05, 0.1) is 11.6 Å². The highest BCUT2D eigenvalue weighted by Crippen LogP contribution is 2.15. The number of rotatable bonds is 4. The first kappa shape index (κ1) is 11.8. The van der Waals surface area contributed by atoms with Gasteiger partial charge in [-0.25, -0.2) is 0 Å². The Labute approximate surface area is 95.8 Å². The minimum Gasteiger partial charge on any atom is -0.458 e. The molecule has 0 amide bonds. The lowest BCUT2D eigenvalue weighted by Gasteiger charge is -2.04. The van der Waals surface area contributed by atoms with Crippen molar-refractivity contribution in [2.24, 2.45) is 0 Å². The van der Waals surface area contributed by atoms with Crippen molar-refractivity contribution >= 4 is 0 Å². The van der Waals surface area contributed by atoms with Crippen molar-refractivity contribution in [2.75, 3.05) is 0 Å². The molecule has 0 heterocycles. The van der Waals surface area contributed by atoms with E-state index in [0.717, 1.165) is 5.57 Å². The first-order valence-corrected chi connectivity index (χ1v) is 4.82. The Morgan fingerprint density at radius 3 is 2.75 bits per heavy atom. The van der Waals surface area contributed by atoms with E-state index in [1.165, 1.54) is 0 Å². The van der Waals surface area contributed by atoms with Crippen molar-refractivity contribution in [2.45, 2.75) is 6.92 Å². The predicted molar refractivity (Wildman–Crippen MR) is 64.9 cm³/mol. The zero-order valence-corrected chi connectivity index (χ0v) is 9.23. The number of benzene rings is 1. The largest absolute Gasteiger partial charge is 0.458 e. The topological polar surface area (TPSA) is 33.0 Å². The van der Waals surface area contributed by atoms with Gasteiger partial charge < -0.3 is 4.74 Å². The molecule has 1 aromatic carbocycles. The minimum absolute atomic E-state index is 0.512. The van der Waals surface area contributed by atoms with Gasteiger partial charge in [0, 0.05) is 0 Å². The molecule has 2 nitrogen and oxygen atoms in total. The van der Waals surface area contributed by atoms with Crippen LogP contribution in [0.15, 0.2) is 60.9 Å². The Balaban J connectivity index is 2.70. The van der Waals surface area contributed by atoms with Gasteiger partial charge in [0.1, 0.15) is 11.5 Å². The van der Waals surface area contributed by atoms with Crippen molar-refractivity contribution < 1.29 is 4.74 Å². The van der Waals surface area contributed by atoms with Gasteiger partial charge >= 0.3 is 0 Å². The summed E-state index contributed by atoms with van der Waals surface area (Å²) in [5.74, 6) is 1.12. The third kappa shape index (κ3) is 3.85. The molecule has 0 aliphatic rings. The van der Waals surface area contributed by atoms with Crippen molar-refractivity contribution in [3.05, 3.63) is 66.5 Å². The van der Waals surface area contributed by atoms with Crippen LogP contribution < -0.4 is 4.74 Å². The summed E-state index contributed by atoms with van der Waals surface area (Å²) in [6.45, 7) is 9.37. The van der Waals surface area contributed by atoms with Crippen LogP contribution in [0.3, 0.4) is 0 Å². The van der Waals surface area contributed by atoms with E-state index >= 15 is 0 Å². The fourth-order valence-corrected chi connectivity index (χ4v) is 1.05. The second-order valence-electron chi connectivity index (χ2n) is 3.39. The molecule has 0 atom stereocenters. The first-order valence-electron chi connectivity index (χ1n) is 4.82. The molecule has 2 heteroatoms. The van der Waals surface area contributed by atoms with Gasteiger partial charge in [-0.2, -0.15) is 5.26 Å². The zero-order valence-electron chi connectivity index (χ0n) is 9.23. The smallest absolute Gasteiger partial charge is 0.128 e. The van der Waals surface area contributed by atoms with Crippen LogP contribution in [-0.4, -0.2) is 0 Å². The highest BCUT2D eigenvalue weighted by Gasteiger charge is 1.96. The van der Waals surface area contributed by atoms with Gasteiger partial charge in [0.2, 0.25) is 0 Å². The number of ether oxygens (including phenoxy) is 1. The lowest BCUT2D eigenvalue weighted by Crippen LogP contribution is -1.90. The Hall–Kier alpha value is -2.27. The quantitative estimate of drug-likeness (QED) is 0.563. The first-order chi connectivity index (χ1) is 7.61. The van der Waals surface area contributed by atoms with Gasteiger partial charge in [-0.15, -0.1) is 0 Å². The van der Waals surface area contributed by atoms with Crippen molar-refractivity contribution in [1.82, 2.24) is 0 Å². The third-order valence-corrected chi connectivity index (χ3v) is 1.77. The standard InChI is InChI=1S/C14H13NO/c1-11(2)7-8-12(3)16-14-6-4-5-13(9-14)10-15/h4-9H,1,3H2,2H3/b8-7-. The molecule has 1 aromatic rings. The van der Waals surface area contributed by atoms with E-state index in [-0.39, 0.29) is 0 Å². The molecule has 0 radical (unpaired) electrons. The van der Waals surface area contributed by atoms with Crippen LogP contribution in [0.4, 0.5) is 0 Å². The van der Waals surface area contributed by atoms with Gasteiger partial charge in [-0.1, -0.05) is 30.9 Å². The Morgan fingerprint density at radius 2 is 2.12 bits per heavy atom. The van der Waals surface area contributed by atoms with Crippen LogP contribution in [0.5, 0.6) is 5.75 Å². The molecule has 0 N–H and O–H groups in total. The van der Waals surface area contributed by atoms with Crippen molar-refractivity contribution in [3.63, 3.8) is 0 Å². The fourth-order valence-electron chi connectivity index (χ4n) is 1.05. The molecular formula is C14H13NO. The molecule has 16 heavy (non-hydrogen) atoms. The molecule has 0 bridgehead atoms. The Kier molecular flexibility index (Phi) is 4.11. The molecule has 80 valence electrons. The van der Waals surface area contributed by atoms with Gasteiger partial charge in [0.15, 0.2) is 0 Å². The average Bonchev–Trinajstić information content (AvgIpc) is 2.26. The number of hydrogen-bond acceptors (Lipinski definition) is 2. The predicted octanol–water partition coefficient (Wildman–Crippen LogP) is 3.58. The van der Waals surface area contributed by atoms with E-state index in [0.29, 0.717) is 17.1 Å². The van der Waals surface area contributed by atoms with E-state index in [2.05, 4.69) is 13.2 Å². The molecule has 0 saturated carbocycles. The normalized spacial score (nSPS) is 9.75. The third-order valence-electron chi connectivity index (χ3n) is 1.77. The van der Waals surface area contributed by atoms with E-state index in [4.69, 9.17) is 10.00 Å². The van der Waals surface area contributed by atoms with E-state index in [1.807, 2.05) is 19.1 Å². The van der Waals surface area contributed by atoms with Crippen LogP contribution in [0.1, 0.15) is 12.5 Å². The molecular weight excluding hydrogens is 198 g/mol. The van der Waals surface area contributed by atoms with Crippen molar-refractivity contribution in [3.8, 4) is 11.8 Å². The fraction of sp³-hybridized carbons (Fsp3) is 0.0714. The molecule has 0 aromatic heterocycles. The van der Waals surface area contributed by atoms with Crippen LogP contribution in [0.25, 0.3) is 0 Å². The van der Waals surface area contributed by atoms with E-state index in [9.17, 15) is 0 Å². The second-order valence-corrected chi connectivity index (χ2v) is 3.39. The summed E-state index contributed by atoms with van der Waals surface area (Å²) in [5.41, 5.74) is 1.49. The lowest BCUT2D eigenvalue weighted by atomic mass is 10.2. The minimum atomic E-state index is 0.512. The highest BCUT2D eigenvalue weighted by molar-refractivity contribution is 5.37. The van der Waals surface area contributed by atoms with Gasteiger partial charge in [-0.3, -0.25) is 0 Å². The molecule has 1 rings (SSSR count). The number of hydrogen-bond donors (Lipinski definition) is 0. The molecule has 0 aliphatic heterocycles. The molecule has 0 spiro atoms.